The second-order valence-electron chi connectivity index (χ2n) is 7.41. The van der Waals surface area contributed by atoms with Gasteiger partial charge in [0.1, 0.15) is 0 Å². The lowest BCUT2D eigenvalue weighted by molar-refractivity contribution is 0.391. The molecular formula is C19H29NS. The van der Waals surface area contributed by atoms with Crippen LogP contribution >= 0.6 is 12.2 Å². The number of anilines is 1. The molecule has 0 aliphatic rings. The first kappa shape index (κ1) is 17.9. The van der Waals surface area contributed by atoms with Gasteiger partial charge in [-0.1, -0.05) is 78.0 Å². The van der Waals surface area contributed by atoms with E-state index in [1.165, 1.54) is 11.3 Å². The van der Waals surface area contributed by atoms with Crippen molar-refractivity contribution in [2.75, 3.05) is 11.9 Å². The van der Waals surface area contributed by atoms with Gasteiger partial charge >= 0.3 is 0 Å². The van der Waals surface area contributed by atoms with Gasteiger partial charge in [-0.2, -0.15) is 0 Å². The zero-order valence-corrected chi connectivity index (χ0v) is 15.3. The van der Waals surface area contributed by atoms with Crippen molar-refractivity contribution in [3.63, 3.8) is 0 Å². The van der Waals surface area contributed by atoms with Crippen LogP contribution in [0, 0.1) is 11.3 Å². The highest BCUT2D eigenvalue weighted by Gasteiger charge is 2.29. The summed E-state index contributed by atoms with van der Waals surface area (Å²) in [5.74, 6) is 0.253. The Hall–Kier alpha value is -1.15. The third kappa shape index (κ3) is 3.94. The van der Waals surface area contributed by atoms with Crippen molar-refractivity contribution < 1.29 is 0 Å². The molecule has 0 aliphatic heterocycles. The smallest absolute Gasteiger partial charge is 0.0858 e. The van der Waals surface area contributed by atoms with Gasteiger partial charge < -0.3 is 4.90 Å². The highest BCUT2D eigenvalue weighted by molar-refractivity contribution is 7.80. The molecule has 0 radical (unpaired) electrons. The van der Waals surface area contributed by atoms with E-state index in [0.717, 1.165) is 4.99 Å². The number of para-hydroxylation sites is 1. The molecule has 21 heavy (non-hydrogen) atoms. The SMILES string of the molecule is C=CC(C)(C)[C@@H](C)C(=S)N(C)c1ccccc1C(C)(C)C. The van der Waals surface area contributed by atoms with E-state index >= 15 is 0 Å². The van der Waals surface area contributed by atoms with Gasteiger partial charge in [0.15, 0.2) is 0 Å². The fraction of sp³-hybridized carbons (Fsp3) is 0.526. The minimum Gasteiger partial charge on any atom is -0.339 e. The quantitative estimate of drug-likeness (QED) is 0.526. The molecule has 0 aliphatic carbocycles. The van der Waals surface area contributed by atoms with Crippen molar-refractivity contribution in [3.05, 3.63) is 42.5 Å². The molecule has 0 bridgehead atoms. The average molecular weight is 304 g/mol. The van der Waals surface area contributed by atoms with Crippen LogP contribution in [-0.4, -0.2) is 12.0 Å². The Kier molecular flexibility index (Phi) is 5.38. The van der Waals surface area contributed by atoms with Crippen molar-refractivity contribution in [2.45, 2.75) is 47.0 Å². The third-order valence-corrected chi connectivity index (χ3v) is 5.04. The van der Waals surface area contributed by atoms with Gasteiger partial charge in [-0.05, 0) is 22.5 Å². The van der Waals surface area contributed by atoms with Gasteiger partial charge in [-0.3, -0.25) is 0 Å². The summed E-state index contributed by atoms with van der Waals surface area (Å²) < 4.78 is 0. The maximum atomic E-state index is 5.76. The summed E-state index contributed by atoms with van der Waals surface area (Å²) in [6, 6.07) is 8.52. The molecule has 0 unspecified atom stereocenters. The fourth-order valence-electron chi connectivity index (χ4n) is 2.30. The largest absolute Gasteiger partial charge is 0.339 e. The predicted molar refractivity (Wildman–Crippen MR) is 99.3 cm³/mol. The molecule has 0 saturated carbocycles. The van der Waals surface area contributed by atoms with Gasteiger partial charge in [-0.15, -0.1) is 6.58 Å². The molecule has 116 valence electrons. The molecule has 1 aromatic rings. The zero-order valence-electron chi connectivity index (χ0n) is 14.5. The number of hydrogen-bond acceptors (Lipinski definition) is 1. The molecule has 0 aromatic heterocycles. The van der Waals surface area contributed by atoms with Crippen LogP contribution in [-0.2, 0) is 5.41 Å². The van der Waals surface area contributed by atoms with E-state index in [1.807, 2.05) is 6.08 Å². The lowest BCUT2D eigenvalue weighted by atomic mass is 9.79. The van der Waals surface area contributed by atoms with E-state index < -0.39 is 0 Å². The number of benzene rings is 1. The van der Waals surface area contributed by atoms with Crippen molar-refractivity contribution in [3.8, 4) is 0 Å². The molecule has 2 heteroatoms. The lowest BCUT2D eigenvalue weighted by Gasteiger charge is -2.35. The van der Waals surface area contributed by atoms with E-state index in [9.17, 15) is 0 Å². The predicted octanol–water partition coefficient (Wildman–Crippen LogP) is 5.60. The van der Waals surface area contributed by atoms with Crippen LogP contribution in [0.3, 0.4) is 0 Å². The van der Waals surface area contributed by atoms with Gasteiger partial charge in [-0.25, -0.2) is 0 Å². The Morgan fingerprint density at radius 2 is 1.71 bits per heavy atom. The molecule has 0 amide bonds. The summed E-state index contributed by atoms with van der Waals surface area (Å²) in [6.07, 6.45) is 1.99. The highest BCUT2D eigenvalue weighted by Crippen LogP contribution is 2.35. The van der Waals surface area contributed by atoms with Crippen molar-refractivity contribution in [1.82, 2.24) is 0 Å². The van der Waals surface area contributed by atoms with Gasteiger partial charge in [0, 0.05) is 18.7 Å². The maximum absolute atomic E-state index is 5.76. The van der Waals surface area contributed by atoms with Crippen LogP contribution in [0.5, 0.6) is 0 Å². The first-order valence-corrected chi connectivity index (χ1v) is 7.94. The van der Waals surface area contributed by atoms with E-state index in [0.29, 0.717) is 0 Å². The summed E-state index contributed by atoms with van der Waals surface area (Å²) in [5.41, 5.74) is 2.60. The molecular weight excluding hydrogens is 274 g/mol. The molecule has 0 heterocycles. The Morgan fingerprint density at radius 3 is 2.19 bits per heavy atom. The number of rotatable bonds is 4. The van der Waals surface area contributed by atoms with Gasteiger partial charge in [0.05, 0.1) is 4.99 Å². The first-order valence-electron chi connectivity index (χ1n) is 7.53. The highest BCUT2D eigenvalue weighted by atomic mass is 32.1. The van der Waals surface area contributed by atoms with Crippen LogP contribution in [0.2, 0.25) is 0 Å². The van der Waals surface area contributed by atoms with Gasteiger partial charge in [0.25, 0.3) is 0 Å². The lowest BCUT2D eigenvalue weighted by Crippen LogP contribution is -2.37. The Bertz CT molecular complexity index is 523. The Labute approximate surface area is 136 Å². The second-order valence-corrected chi connectivity index (χ2v) is 7.83. The van der Waals surface area contributed by atoms with Crippen LogP contribution in [0.15, 0.2) is 36.9 Å². The number of nitrogens with zero attached hydrogens (tertiary/aromatic N) is 1. The maximum Gasteiger partial charge on any atom is 0.0858 e. The second kappa shape index (κ2) is 6.31. The van der Waals surface area contributed by atoms with E-state index in [2.05, 4.69) is 84.3 Å². The minimum absolute atomic E-state index is 0.0119. The standard InChI is InChI=1S/C19H29NS/c1-9-19(6,7)14(2)17(21)20(8)16-13-11-10-12-15(16)18(3,4)5/h9-14H,1H2,2-8H3/t14-/m0/s1. The number of allylic oxidation sites excluding steroid dienone is 1. The van der Waals surface area contributed by atoms with Crippen LogP contribution in [0.1, 0.15) is 47.1 Å². The summed E-state index contributed by atoms with van der Waals surface area (Å²) in [5, 5.41) is 0. The van der Waals surface area contributed by atoms with Crippen molar-refractivity contribution >= 4 is 22.9 Å². The normalized spacial score (nSPS) is 13.7. The van der Waals surface area contributed by atoms with E-state index in [-0.39, 0.29) is 16.7 Å². The molecule has 1 rings (SSSR count). The van der Waals surface area contributed by atoms with Crippen molar-refractivity contribution in [2.24, 2.45) is 11.3 Å². The number of thiocarbonyl (C=S) groups is 1. The summed E-state index contributed by atoms with van der Waals surface area (Å²) in [4.78, 5) is 3.11. The van der Waals surface area contributed by atoms with Crippen LogP contribution < -0.4 is 4.90 Å². The first-order chi connectivity index (χ1) is 9.52. The molecule has 0 fully saturated rings. The monoisotopic (exact) mass is 303 g/mol. The fourth-order valence-corrected chi connectivity index (χ4v) is 2.71. The average Bonchev–Trinajstić information content (AvgIpc) is 2.43. The molecule has 0 spiro atoms. The van der Waals surface area contributed by atoms with Crippen LogP contribution in [0.4, 0.5) is 5.69 Å². The summed E-state index contributed by atoms with van der Waals surface area (Å²) in [6.45, 7) is 17.2. The summed E-state index contributed by atoms with van der Waals surface area (Å²) in [7, 11) is 2.07. The molecule has 1 aromatic carbocycles. The molecule has 0 saturated heterocycles. The molecule has 1 atom stereocenters. The topological polar surface area (TPSA) is 3.24 Å². The van der Waals surface area contributed by atoms with E-state index in [1.54, 1.807) is 0 Å². The summed E-state index contributed by atoms with van der Waals surface area (Å²) >= 11 is 5.76. The van der Waals surface area contributed by atoms with E-state index in [4.69, 9.17) is 12.2 Å². The molecule has 1 nitrogen and oxygen atoms in total. The molecule has 0 N–H and O–H groups in total. The third-order valence-electron chi connectivity index (χ3n) is 4.42. The number of hydrogen-bond donors (Lipinski definition) is 0. The zero-order chi connectivity index (χ0) is 16.4. The van der Waals surface area contributed by atoms with Crippen LogP contribution in [0.25, 0.3) is 0 Å². The van der Waals surface area contributed by atoms with Gasteiger partial charge in [0.2, 0.25) is 0 Å². The van der Waals surface area contributed by atoms with Crippen molar-refractivity contribution in [1.29, 1.82) is 0 Å². The Morgan fingerprint density at radius 1 is 1.19 bits per heavy atom. The minimum atomic E-state index is -0.0119. The Balaban J connectivity index is 3.18.